The Hall–Kier alpha value is -1.78. The molecule has 1 aromatic carbocycles. The number of hydrogen-bond acceptors (Lipinski definition) is 6. The lowest BCUT2D eigenvalue weighted by molar-refractivity contribution is -0.135. The first-order chi connectivity index (χ1) is 10.3. The number of para-hydroxylation sites is 1. The Morgan fingerprint density at radius 1 is 1.32 bits per heavy atom. The lowest BCUT2D eigenvalue weighted by Crippen LogP contribution is -2.21. The van der Waals surface area contributed by atoms with Crippen LogP contribution in [-0.2, 0) is 23.1 Å². The molecule has 0 fully saturated rings. The third kappa shape index (κ3) is 4.61. The van der Waals surface area contributed by atoms with E-state index in [1.165, 1.54) is 14.0 Å². The number of hydrogen-bond donors (Lipinski definition) is 0. The molecule has 1 atom stereocenters. The molecule has 0 bridgehead atoms. The van der Waals surface area contributed by atoms with Crippen molar-refractivity contribution in [2.75, 3.05) is 32.7 Å². The number of nitrogens with zero attached hydrogens (tertiary/aromatic N) is 1. The normalized spacial score (nSPS) is 14.1. The van der Waals surface area contributed by atoms with Crippen molar-refractivity contribution in [1.29, 1.82) is 0 Å². The van der Waals surface area contributed by atoms with Gasteiger partial charge in [0.2, 0.25) is 0 Å². The molecule has 6 nitrogen and oxygen atoms in total. The summed E-state index contributed by atoms with van der Waals surface area (Å²) < 4.78 is 28.6. The Morgan fingerprint density at radius 3 is 2.50 bits per heavy atom. The van der Waals surface area contributed by atoms with Crippen LogP contribution in [0.5, 0.6) is 0 Å². The number of carbonyl (C=O) groups is 1. The molecule has 22 heavy (non-hydrogen) atoms. The van der Waals surface area contributed by atoms with Crippen LogP contribution in [0.4, 0.5) is 5.69 Å². The van der Waals surface area contributed by atoms with E-state index in [9.17, 15) is 9.36 Å². The number of methoxy groups -OCH3 is 1. The topological polar surface area (TPSA) is 65.1 Å². The summed E-state index contributed by atoms with van der Waals surface area (Å²) >= 11 is 0. The summed E-state index contributed by atoms with van der Waals surface area (Å²) in [6, 6.07) is 7.11. The summed E-state index contributed by atoms with van der Waals surface area (Å²) in [5, 5.41) is 0.444. The van der Waals surface area contributed by atoms with Gasteiger partial charge in [0.1, 0.15) is 5.76 Å². The molecule has 0 heterocycles. The van der Waals surface area contributed by atoms with E-state index in [0.29, 0.717) is 5.30 Å². The molecule has 1 rings (SSSR count). The summed E-state index contributed by atoms with van der Waals surface area (Å²) in [6.45, 7) is 3.47. The fraction of sp³-hybridized carbons (Fsp3) is 0.400. The zero-order chi connectivity index (χ0) is 16.8. The van der Waals surface area contributed by atoms with E-state index in [4.69, 9.17) is 9.05 Å². The first-order valence-electron chi connectivity index (χ1n) is 6.81. The van der Waals surface area contributed by atoms with Crippen molar-refractivity contribution in [1.82, 2.24) is 0 Å². The molecule has 122 valence electrons. The van der Waals surface area contributed by atoms with Crippen molar-refractivity contribution >= 4 is 24.6 Å². The highest BCUT2D eigenvalue weighted by Gasteiger charge is 2.32. The molecule has 0 aromatic heterocycles. The zero-order valence-electron chi connectivity index (χ0n) is 13.5. The van der Waals surface area contributed by atoms with Gasteiger partial charge >= 0.3 is 13.6 Å². The van der Waals surface area contributed by atoms with Crippen LogP contribution < -0.4 is 10.2 Å². The van der Waals surface area contributed by atoms with Crippen molar-refractivity contribution in [3.8, 4) is 0 Å². The fourth-order valence-corrected chi connectivity index (χ4v) is 3.72. The van der Waals surface area contributed by atoms with Gasteiger partial charge in [-0.25, -0.2) is 9.36 Å². The van der Waals surface area contributed by atoms with Crippen molar-refractivity contribution in [2.24, 2.45) is 0 Å². The highest BCUT2D eigenvalue weighted by molar-refractivity contribution is 7.62. The van der Waals surface area contributed by atoms with Crippen LogP contribution in [0.1, 0.15) is 13.8 Å². The molecule has 0 aliphatic carbocycles. The van der Waals surface area contributed by atoms with Gasteiger partial charge in [0, 0.05) is 14.1 Å². The van der Waals surface area contributed by atoms with Gasteiger partial charge in [-0.3, -0.25) is 4.52 Å². The van der Waals surface area contributed by atoms with Gasteiger partial charge < -0.3 is 14.2 Å². The largest absolute Gasteiger partial charge is 0.466 e. The van der Waals surface area contributed by atoms with Crippen LogP contribution >= 0.6 is 7.60 Å². The van der Waals surface area contributed by atoms with Crippen LogP contribution in [0, 0.1) is 0 Å². The average Bonchev–Trinajstić information content (AvgIpc) is 2.47. The minimum atomic E-state index is -3.60. The fourth-order valence-electron chi connectivity index (χ4n) is 1.83. The molecule has 0 N–H and O–H groups in total. The van der Waals surface area contributed by atoms with Crippen LogP contribution in [0.25, 0.3) is 0 Å². The summed E-state index contributed by atoms with van der Waals surface area (Å²) in [5.41, 5.74) is 0.727. The van der Waals surface area contributed by atoms with E-state index in [-0.39, 0.29) is 12.4 Å². The summed E-state index contributed by atoms with van der Waals surface area (Å²) in [4.78, 5) is 13.1. The first kappa shape index (κ1) is 18.3. The third-order valence-corrected chi connectivity index (χ3v) is 4.84. The maximum absolute atomic E-state index is 13.2. The van der Waals surface area contributed by atoms with Gasteiger partial charge in [0.15, 0.2) is 0 Å². The third-order valence-electron chi connectivity index (χ3n) is 2.74. The summed E-state index contributed by atoms with van der Waals surface area (Å²) in [6.07, 6.45) is 1.13. The minimum absolute atomic E-state index is 0.164. The average molecular weight is 327 g/mol. The molecular weight excluding hydrogens is 305 g/mol. The molecule has 0 aliphatic rings. The van der Waals surface area contributed by atoms with Crippen LogP contribution in [0.2, 0.25) is 0 Å². The molecule has 0 saturated heterocycles. The maximum atomic E-state index is 13.2. The standard InChI is InChI=1S/C15H22NO5P/c1-6-20-22(18,21-12(2)11-15(17)19-5)14-10-8-7-9-13(14)16(3)4/h7-11H,6H2,1-5H3. The van der Waals surface area contributed by atoms with Gasteiger partial charge in [-0.1, -0.05) is 12.1 Å². The van der Waals surface area contributed by atoms with E-state index in [1.54, 1.807) is 19.1 Å². The first-order valence-corrected chi connectivity index (χ1v) is 8.35. The molecule has 0 saturated carbocycles. The van der Waals surface area contributed by atoms with E-state index >= 15 is 0 Å². The lowest BCUT2D eigenvalue weighted by Gasteiger charge is -2.24. The van der Waals surface area contributed by atoms with Gasteiger partial charge in [-0.2, -0.15) is 0 Å². The minimum Gasteiger partial charge on any atom is -0.466 e. The van der Waals surface area contributed by atoms with Crippen LogP contribution in [-0.4, -0.2) is 33.8 Å². The second-order valence-corrected chi connectivity index (χ2v) is 6.59. The smallest absolute Gasteiger partial charge is 0.412 e. The maximum Gasteiger partial charge on any atom is 0.412 e. The number of carbonyl (C=O) groups excluding carboxylic acids is 1. The van der Waals surface area contributed by atoms with Gasteiger partial charge in [-0.15, -0.1) is 0 Å². The molecule has 7 heteroatoms. The van der Waals surface area contributed by atoms with E-state index < -0.39 is 13.6 Å². The number of benzene rings is 1. The van der Waals surface area contributed by atoms with E-state index in [0.717, 1.165) is 11.8 Å². The number of rotatable bonds is 7. The Morgan fingerprint density at radius 2 is 1.95 bits per heavy atom. The predicted octanol–water partition coefficient (Wildman–Crippen LogP) is 2.70. The van der Waals surface area contributed by atoms with Crippen LogP contribution in [0.15, 0.2) is 36.1 Å². The van der Waals surface area contributed by atoms with Crippen molar-refractivity contribution in [2.45, 2.75) is 13.8 Å². The number of anilines is 1. The van der Waals surface area contributed by atoms with Gasteiger partial charge in [-0.05, 0) is 26.0 Å². The Labute approximate surface area is 131 Å². The molecule has 0 amide bonds. The summed E-state index contributed by atoms with van der Waals surface area (Å²) in [7, 11) is 1.33. The van der Waals surface area contributed by atoms with Gasteiger partial charge in [0.25, 0.3) is 0 Å². The van der Waals surface area contributed by atoms with Crippen molar-refractivity contribution in [3.05, 3.63) is 36.1 Å². The number of esters is 1. The quantitative estimate of drug-likeness (QED) is 0.332. The Balaban J connectivity index is 3.25. The monoisotopic (exact) mass is 327 g/mol. The lowest BCUT2D eigenvalue weighted by atomic mass is 10.3. The van der Waals surface area contributed by atoms with Crippen molar-refractivity contribution < 1.29 is 23.1 Å². The molecule has 1 aromatic rings. The zero-order valence-corrected chi connectivity index (χ0v) is 14.4. The molecule has 1 unspecified atom stereocenters. The van der Waals surface area contributed by atoms with E-state index in [2.05, 4.69) is 4.74 Å². The predicted molar refractivity (Wildman–Crippen MR) is 86.5 cm³/mol. The molecule has 0 radical (unpaired) electrons. The van der Waals surface area contributed by atoms with Crippen molar-refractivity contribution in [3.63, 3.8) is 0 Å². The molecular formula is C15H22NO5P. The SMILES string of the molecule is CCOP(=O)(OC(C)=CC(=O)OC)c1ccccc1N(C)C. The summed E-state index contributed by atoms with van der Waals surface area (Å²) in [5.74, 6) is -0.418. The Bertz CT molecular complexity index is 597. The van der Waals surface area contributed by atoms with Crippen LogP contribution in [0.3, 0.4) is 0 Å². The highest BCUT2D eigenvalue weighted by atomic mass is 31.2. The van der Waals surface area contributed by atoms with Gasteiger partial charge in [0.05, 0.1) is 30.8 Å². The number of ether oxygens (including phenoxy) is 1. The second kappa shape index (κ2) is 8.01. The number of allylic oxidation sites excluding steroid dienone is 1. The molecule has 0 aliphatic heterocycles. The van der Waals surface area contributed by atoms with E-state index in [1.807, 2.05) is 31.1 Å². The Kier molecular flexibility index (Phi) is 6.65. The second-order valence-electron chi connectivity index (χ2n) is 4.67. The molecule has 0 spiro atoms. The highest BCUT2D eigenvalue weighted by Crippen LogP contribution is 2.50.